The summed E-state index contributed by atoms with van der Waals surface area (Å²) < 4.78 is 39.7. The van der Waals surface area contributed by atoms with E-state index in [-0.39, 0.29) is 5.02 Å². The van der Waals surface area contributed by atoms with Crippen molar-refractivity contribution in [2.24, 2.45) is 0 Å². The predicted molar refractivity (Wildman–Crippen MR) is 102 cm³/mol. The number of rotatable bonds is 5. The van der Waals surface area contributed by atoms with Gasteiger partial charge in [0.1, 0.15) is 0 Å². The molecular formula is C17H20ClF3N4S. The van der Waals surface area contributed by atoms with Gasteiger partial charge >= 0.3 is 6.18 Å². The van der Waals surface area contributed by atoms with Crippen LogP contribution in [0.5, 0.6) is 0 Å². The van der Waals surface area contributed by atoms with Crippen molar-refractivity contribution in [1.29, 1.82) is 0 Å². The number of halogens is 4. The minimum Gasteiger partial charge on any atom is -0.362 e. The lowest BCUT2D eigenvalue weighted by atomic mass is 10.1. The third-order valence-electron chi connectivity index (χ3n) is 4.09. The SMILES string of the molecule is Cc1cccc(NC(=S)NCCCn2nc(C(F)(F)F)c(Cl)c2C)c1C. The number of hydrogen-bond acceptors (Lipinski definition) is 2. The van der Waals surface area contributed by atoms with Gasteiger partial charge < -0.3 is 10.6 Å². The van der Waals surface area contributed by atoms with Gasteiger partial charge in [-0.15, -0.1) is 0 Å². The zero-order valence-electron chi connectivity index (χ0n) is 14.7. The second-order valence-corrected chi connectivity index (χ2v) is 6.74. The third-order valence-corrected chi connectivity index (χ3v) is 4.79. The Hall–Kier alpha value is -1.80. The molecule has 0 spiro atoms. The van der Waals surface area contributed by atoms with Crippen LogP contribution >= 0.6 is 23.8 Å². The van der Waals surface area contributed by atoms with Crippen molar-refractivity contribution >= 4 is 34.6 Å². The molecule has 0 aliphatic rings. The average molecular weight is 405 g/mol. The Kier molecular flexibility index (Phi) is 6.52. The molecule has 2 rings (SSSR count). The fourth-order valence-electron chi connectivity index (χ4n) is 2.41. The summed E-state index contributed by atoms with van der Waals surface area (Å²) in [5, 5.41) is 9.85. The lowest BCUT2D eigenvalue weighted by molar-refractivity contribution is -0.141. The van der Waals surface area contributed by atoms with E-state index in [1.807, 2.05) is 32.0 Å². The molecule has 9 heteroatoms. The van der Waals surface area contributed by atoms with Gasteiger partial charge in [-0.3, -0.25) is 4.68 Å². The number of nitrogens with one attached hydrogen (secondary N) is 2. The summed E-state index contributed by atoms with van der Waals surface area (Å²) >= 11 is 11.0. The molecule has 0 amide bonds. The number of thiocarbonyl (C=S) groups is 1. The topological polar surface area (TPSA) is 41.9 Å². The Labute approximate surface area is 160 Å². The quantitative estimate of drug-likeness (QED) is 0.551. The highest BCUT2D eigenvalue weighted by atomic mass is 35.5. The number of nitrogens with zero attached hydrogens (tertiary/aromatic N) is 2. The monoisotopic (exact) mass is 404 g/mol. The van der Waals surface area contributed by atoms with E-state index in [0.717, 1.165) is 16.8 Å². The molecule has 1 heterocycles. The van der Waals surface area contributed by atoms with Gasteiger partial charge in [0, 0.05) is 18.8 Å². The maximum atomic E-state index is 12.8. The second kappa shape index (κ2) is 8.26. The van der Waals surface area contributed by atoms with E-state index < -0.39 is 11.9 Å². The lowest BCUT2D eigenvalue weighted by Crippen LogP contribution is -2.30. The highest BCUT2D eigenvalue weighted by molar-refractivity contribution is 7.80. The fourth-order valence-corrected chi connectivity index (χ4v) is 2.86. The van der Waals surface area contributed by atoms with Crippen LogP contribution in [0.15, 0.2) is 18.2 Å². The van der Waals surface area contributed by atoms with Crippen LogP contribution in [0, 0.1) is 20.8 Å². The summed E-state index contributed by atoms with van der Waals surface area (Å²) in [4.78, 5) is 0. The molecule has 0 bridgehead atoms. The number of benzene rings is 1. The van der Waals surface area contributed by atoms with Gasteiger partial charge in [-0.05, 0) is 56.6 Å². The molecule has 2 aromatic rings. The first-order chi connectivity index (χ1) is 12.1. The maximum absolute atomic E-state index is 12.8. The summed E-state index contributed by atoms with van der Waals surface area (Å²) in [6, 6.07) is 5.89. The molecule has 26 heavy (non-hydrogen) atoms. The molecule has 0 aliphatic carbocycles. The smallest absolute Gasteiger partial charge is 0.362 e. The summed E-state index contributed by atoms with van der Waals surface area (Å²) in [6.07, 6.45) is -4.01. The van der Waals surface area contributed by atoms with Crippen molar-refractivity contribution in [3.63, 3.8) is 0 Å². The molecule has 0 aliphatic heterocycles. The van der Waals surface area contributed by atoms with E-state index in [1.165, 1.54) is 11.6 Å². The van der Waals surface area contributed by atoms with Gasteiger partial charge in [-0.1, -0.05) is 23.7 Å². The van der Waals surface area contributed by atoms with Crippen molar-refractivity contribution in [3.8, 4) is 0 Å². The van der Waals surface area contributed by atoms with Gasteiger partial charge in [-0.2, -0.15) is 18.3 Å². The molecule has 0 unspecified atom stereocenters. The molecule has 1 aromatic heterocycles. The molecule has 1 aromatic carbocycles. The molecule has 2 N–H and O–H groups in total. The van der Waals surface area contributed by atoms with Gasteiger partial charge in [0.25, 0.3) is 0 Å². The Morgan fingerprint density at radius 3 is 2.58 bits per heavy atom. The van der Waals surface area contributed by atoms with Crippen LogP contribution in [0.2, 0.25) is 5.02 Å². The second-order valence-electron chi connectivity index (χ2n) is 5.95. The summed E-state index contributed by atoms with van der Waals surface area (Å²) in [7, 11) is 0. The van der Waals surface area contributed by atoms with Crippen LogP contribution in [0.4, 0.5) is 18.9 Å². The molecule has 0 saturated carbocycles. The van der Waals surface area contributed by atoms with Gasteiger partial charge in [0.2, 0.25) is 0 Å². The van der Waals surface area contributed by atoms with Crippen molar-refractivity contribution in [3.05, 3.63) is 45.7 Å². The zero-order chi connectivity index (χ0) is 19.5. The first-order valence-corrected chi connectivity index (χ1v) is 8.81. The Morgan fingerprint density at radius 2 is 1.96 bits per heavy atom. The summed E-state index contributed by atoms with van der Waals surface area (Å²) in [5.41, 5.74) is 2.45. The van der Waals surface area contributed by atoms with Crippen molar-refractivity contribution < 1.29 is 13.2 Å². The first kappa shape index (κ1) is 20.5. The lowest BCUT2D eigenvalue weighted by Gasteiger charge is -2.14. The third kappa shape index (κ3) is 4.88. The van der Waals surface area contributed by atoms with Crippen LogP contribution in [0.25, 0.3) is 0 Å². The van der Waals surface area contributed by atoms with Crippen LogP contribution in [-0.4, -0.2) is 21.4 Å². The normalized spacial score (nSPS) is 11.5. The number of alkyl halides is 3. The van der Waals surface area contributed by atoms with Crippen molar-refractivity contribution in [2.45, 2.75) is 39.9 Å². The number of hydrogen-bond donors (Lipinski definition) is 2. The van der Waals surface area contributed by atoms with E-state index in [1.54, 1.807) is 0 Å². The molecular weight excluding hydrogens is 385 g/mol. The van der Waals surface area contributed by atoms with Crippen molar-refractivity contribution in [1.82, 2.24) is 15.1 Å². The Bertz CT molecular complexity index is 802. The maximum Gasteiger partial charge on any atom is 0.436 e. The van der Waals surface area contributed by atoms with Gasteiger partial charge in [0.15, 0.2) is 10.8 Å². The highest BCUT2D eigenvalue weighted by Crippen LogP contribution is 2.35. The van der Waals surface area contributed by atoms with E-state index in [4.69, 9.17) is 23.8 Å². The molecule has 0 saturated heterocycles. The van der Waals surface area contributed by atoms with Crippen molar-refractivity contribution in [2.75, 3.05) is 11.9 Å². The predicted octanol–water partition coefficient (Wildman–Crippen LogP) is 4.86. The van der Waals surface area contributed by atoms with E-state index in [0.29, 0.717) is 30.3 Å². The largest absolute Gasteiger partial charge is 0.436 e. The molecule has 0 radical (unpaired) electrons. The number of aryl methyl sites for hydroxylation is 2. The van der Waals surface area contributed by atoms with Crippen LogP contribution in [-0.2, 0) is 12.7 Å². The zero-order valence-corrected chi connectivity index (χ0v) is 16.2. The van der Waals surface area contributed by atoms with E-state index in [9.17, 15) is 13.2 Å². The number of aromatic nitrogens is 2. The van der Waals surface area contributed by atoms with Crippen LogP contribution in [0.3, 0.4) is 0 Å². The summed E-state index contributed by atoms with van der Waals surface area (Å²) in [5.74, 6) is 0. The first-order valence-electron chi connectivity index (χ1n) is 8.02. The van der Waals surface area contributed by atoms with E-state index >= 15 is 0 Å². The average Bonchev–Trinajstić information content (AvgIpc) is 2.84. The highest BCUT2D eigenvalue weighted by Gasteiger charge is 2.38. The Morgan fingerprint density at radius 1 is 1.27 bits per heavy atom. The minimum absolute atomic E-state index is 0.301. The van der Waals surface area contributed by atoms with Gasteiger partial charge in [0.05, 0.1) is 10.7 Å². The standard InChI is InChI=1S/C17H20ClF3N4S/c1-10-6-4-7-13(11(10)2)23-16(26)22-8-5-9-25-12(3)14(18)15(24-25)17(19,20)21/h4,6-7H,5,8-9H2,1-3H3,(H2,22,23,26). The number of anilines is 1. The molecule has 142 valence electrons. The minimum atomic E-state index is -4.55. The molecule has 4 nitrogen and oxygen atoms in total. The Balaban J connectivity index is 1.85. The van der Waals surface area contributed by atoms with Crippen LogP contribution < -0.4 is 10.6 Å². The van der Waals surface area contributed by atoms with E-state index in [2.05, 4.69) is 15.7 Å². The van der Waals surface area contributed by atoms with Gasteiger partial charge in [-0.25, -0.2) is 0 Å². The molecule has 0 atom stereocenters. The fraction of sp³-hybridized carbons (Fsp3) is 0.412. The molecule has 0 fully saturated rings. The van der Waals surface area contributed by atoms with Crippen LogP contribution in [0.1, 0.15) is 28.9 Å². The summed E-state index contributed by atoms with van der Waals surface area (Å²) in [6.45, 7) is 6.34.